The smallest absolute Gasteiger partial charge is 0.327 e. The molecule has 0 aliphatic rings. The van der Waals surface area contributed by atoms with Gasteiger partial charge in [0.1, 0.15) is 23.9 Å². The molecule has 0 unspecified atom stereocenters. The van der Waals surface area contributed by atoms with E-state index in [1.807, 2.05) is 0 Å². The molecule has 2 rings (SSSR count). The molecule has 2 aromatic carbocycles. The van der Waals surface area contributed by atoms with Gasteiger partial charge in [-0.05, 0) is 43.5 Å². The molecule has 0 aliphatic carbocycles. The van der Waals surface area contributed by atoms with E-state index in [1.165, 1.54) is 12.1 Å². The van der Waals surface area contributed by atoms with Gasteiger partial charge in [-0.25, -0.2) is 4.79 Å². The Morgan fingerprint density at radius 2 is 1.43 bits per heavy atom. The van der Waals surface area contributed by atoms with Crippen molar-refractivity contribution in [3.8, 4) is 5.75 Å². The van der Waals surface area contributed by atoms with Gasteiger partial charge in [0.05, 0.1) is 12.6 Å². The molecule has 0 saturated carbocycles. The average molecular weight is 620 g/mol. The summed E-state index contributed by atoms with van der Waals surface area (Å²) in [6.45, 7) is 2.67. The van der Waals surface area contributed by atoms with E-state index in [2.05, 4.69) is 46.5 Å². The number of aliphatic carboxylic acids is 1. The number of rotatable bonds is 15. The number of benzene rings is 2. The SMILES string of the molecule is CC(C)(S)[C@@H](NC(=O)[C@@H](N)Cc1ccc(O)cc1)C(=O)NCC(=O)N[C@@H](Cc1ccccc1)C(=O)N[C@@H](CS)C(=O)O. The third-order valence-corrected chi connectivity index (χ3v) is 6.76. The number of carbonyl (C=O) groups is 5. The maximum atomic E-state index is 13.0. The summed E-state index contributed by atoms with van der Waals surface area (Å²) in [6, 6.07) is 10.4. The second-order valence-electron chi connectivity index (χ2n) is 10.2. The molecule has 8 N–H and O–H groups in total. The number of carboxylic acid groups (broad SMARTS) is 1. The van der Waals surface area contributed by atoms with Crippen molar-refractivity contribution in [2.45, 2.75) is 55.6 Å². The summed E-state index contributed by atoms with van der Waals surface area (Å²) in [5.41, 5.74) is 7.45. The quantitative estimate of drug-likeness (QED) is 0.122. The Hall–Kier alpha value is -3.75. The monoisotopic (exact) mass is 619 g/mol. The van der Waals surface area contributed by atoms with Gasteiger partial charge in [0.15, 0.2) is 0 Å². The van der Waals surface area contributed by atoms with Crippen molar-refractivity contribution in [1.29, 1.82) is 0 Å². The van der Waals surface area contributed by atoms with Gasteiger partial charge in [-0.15, -0.1) is 0 Å². The topological polar surface area (TPSA) is 200 Å². The first kappa shape index (κ1) is 34.5. The molecule has 2 aromatic rings. The van der Waals surface area contributed by atoms with Crippen molar-refractivity contribution in [1.82, 2.24) is 21.3 Å². The van der Waals surface area contributed by atoms with Gasteiger partial charge in [0, 0.05) is 16.9 Å². The van der Waals surface area contributed by atoms with Gasteiger partial charge in [-0.3, -0.25) is 19.2 Å². The molecule has 12 nitrogen and oxygen atoms in total. The van der Waals surface area contributed by atoms with Crippen molar-refractivity contribution in [3.05, 3.63) is 65.7 Å². The number of phenols is 1. The van der Waals surface area contributed by atoms with E-state index in [1.54, 1.807) is 56.3 Å². The van der Waals surface area contributed by atoms with E-state index in [-0.39, 0.29) is 24.3 Å². The molecule has 0 spiro atoms. The molecule has 42 heavy (non-hydrogen) atoms. The molecular formula is C28H37N5O7S2. The summed E-state index contributed by atoms with van der Waals surface area (Å²) in [5.74, 6) is -4.14. The molecule has 0 radical (unpaired) electrons. The molecule has 0 fully saturated rings. The summed E-state index contributed by atoms with van der Waals surface area (Å²) in [7, 11) is 0. The molecule has 0 heterocycles. The van der Waals surface area contributed by atoms with Crippen LogP contribution in [0, 0.1) is 0 Å². The van der Waals surface area contributed by atoms with Crippen LogP contribution >= 0.6 is 25.3 Å². The van der Waals surface area contributed by atoms with Crippen LogP contribution in [0.2, 0.25) is 0 Å². The molecule has 4 amide bonds. The van der Waals surface area contributed by atoms with E-state index in [0.717, 1.165) is 0 Å². The third kappa shape index (κ3) is 11.3. The normalized spacial score (nSPS) is 14.0. The van der Waals surface area contributed by atoms with Gasteiger partial charge >= 0.3 is 5.97 Å². The number of carbonyl (C=O) groups excluding carboxylic acids is 4. The minimum Gasteiger partial charge on any atom is -0.508 e. The first-order chi connectivity index (χ1) is 19.7. The fraction of sp³-hybridized carbons (Fsp3) is 0.393. The lowest BCUT2D eigenvalue weighted by atomic mass is 10.0. The zero-order chi connectivity index (χ0) is 31.4. The second kappa shape index (κ2) is 16.0. The standard InChI is InChI=1S/C28H37N5O7S2/c1-28(2,42)23(33-24(36)19(29)12-17-8-10-18(34)11-9-17)26(38)30-14-22(35)31-20(13-16-6-4-3-5-7-16)25(37)32-21(15-41)27(39)40/h3-11,19-21,23,34,41-42H,12-15,29H2,1-2H3,(H,30,38)(H,31,35)(H,32,37)(H,33,36)(H,39,40)/t19-,20-,21-,23-/m0/s1. The maximum Gasteiger partial charge on any atom is 0.327 e. The number of hydrogen-bond donors (Lipinski definition) is 9. The Labute approximate surface area is 255 Å². The number of phenolic OH excluding ortho intramolecular Hbond substituents is 1. The summed E-state index contributed by atoms with van der Waals surface area (Å²) in [5, 5.41) is 28.6. The first-order valence-corrected chi connectivity index (χ1v) is 14.1. The van der Waals surface area contributed by atoms with E-state index in [4.69, 9.17) is 5.73 Å². The van der Waals surface area contributed by atoms with Crippen LogP contribution in [0.25, 0.3) is 0 Å². The molecular weight excluding hydrogens is 582 g/mol. The summed E-state index contributed by atoms with van der Waals surface area (Å²) < 4.78 is -1.05. The highest BCUT2D eigenvalue weighted by Crippen LogP contribution is 2.18. The van der Waals surface area contributed by atoms with E-state index >= 15 is 0 Å². The van der Waals surface area contributed by atoms with Crippen LogP contribution in [0.15, 0.2) is 54.6 Å². The van der Waals surface area contributed by atoms with Crippen molar-refractivity contribution in [3.63, 3.8) is 0 Å². The molecule has 0 aromatic heterocycles. The fourth-order valence-electron chi connectivity index (χ4n) is 3.82. The van der Waals surface area contributed by atoms with Crippen LogP contribution in [-0.2, 0) is 36.8 Å². The number of carboxylic acids is 1. The fourth-order valence-corrected chi connectivity index (χ4v) is 4.25. The second-order valence-corrected chi connectivity index (χ2v) is 11.7. The average Bonchev–Trinajstić information content (AvgIpc) is 2.93. The van der Waals surface area contributed by atoms with E-state index < -0.39 is 65.1 Å². The summed E-state index contributed by atoms with van der Waals surface area (Å²) in [4.78, 5) is 62.9. The van der Waals surface area contributed by atoms with Crippen molar-refractivity contribution in [2.75, 3.05) is 12.3 Å². The molecule has 4 atom stereocenters. The van der Waals surface area contributed by atoms with Crippen molar-refractivity contribution in [2.24, 2.45) is 5.73 Å². The predicted octanol–water partition coefficient (Wildman–Crippen LogP) is -0.202. The van der Waals surface area contributed by atoms with Gasteiger partial charge in [0.25, 0.3) is 0 Å². The molecule has 228 valence electrons. The van der Waals surface area contributed by atoms with Crippen LogP contribution in [0.1, 0.15) is 25.0 Å². The number of hydrogen-bond acceptors (Lipinski definition) is 9. The Bertz CT molecular complexity index is 1240. The lowest BCUT2D eigenvalue weighted by Gasteiger charge is -2.30. The Morgan fingerprint density at radius 1 is 0.833 bits per heavy atom. The van der Waals surface area contributed by atoms with Crippen LogP contribution in [0.3, 0.4) is 0 Å². The summed E-state index contributed by atoms with van der Waals surface area (Å²) >= 11 is 8.38. The van der Waals surface area contributed by atoms with Crippen LogP contribution in [-0.4, -0.2) is 81.0 Å². The molecule has 0 aliphatic heterocycles. The van der Waals surface area contributed by atoms with Crippen LogP contribution < -0.4 is 27.0 Å². The van der Waals surface area contributed by atoms with Gasteiger partial charge < -0.3 is 37.2 Å². The number of amides is 4. The highest BCUT2D eigenvalue weighted by molar-refractivity contribution is 7.81. The number of nitrogens with two attached hydrogens (primary N) is 1. The highest BCUT2D eigenvalue weighted by Gasteiger charge is 2.35. The number of aromatic hydroxyl groups is 1. The zero-order valence-corrected chi connectivity index (χ0v) is 25.0. The Balaban J connectivity index is 2.05. The Morgan fingerprint density at radius 3 is 1.98 bits per heavy atom. The Kier molecular flexibility index (Phi) is 13.2. The van der Waals surface area contributed by atoms with Gasteiger partial charge in [-0.2, -0.15) is 25.3 Å². The first-order valence-electron chi connectivity index (χ1n) is 13.0. The van der Waals surface area contributed by atoms with Gasteiger partial charge in [0.2, 0.25) is 23.6 Å². The van der Waals surface area contributed by atoms with Crippen molar-refractivity contribution >= 4 is 54.9 Å². The van der Waals surface area contributed by atoms with Crippen LogP contribution in [0.4, 0.5) is 0 Å². The summed E-state index contributed by atoms with van der Waals surface area (Å²) in [6.07, 6.45) is 0.212. The molecule has 0 saturated heterocycles. The highest BCUT2D eigenvalue weighted by atomic mass is 32.1. The minimum absolute atomic E-state index is 0.0620. The minimum atomic E-state index is -1.28. The van der Waals surface area contributed by atoms with Crippen molar-refractivity contribution < 1.29 is 34.2 Å². The van der Waals surface area contributed by atoms with Crippen LogP contribution in [0.5, 0.6) is 5.75 Å². The molecule has 14 heteroatoms. The lowest BCUT2D eigenvalue weighted by Crippen LogP contribution is -2.60. The predicted molar refractivity (Wildman–Crippen MR) is 163 cm³/mol. The maximum absolute atomic E-state index is 13.0. The molecule has 0 bridgehead atoms. The zero-order valence-electron chi connectivity index (χ0n) is 23.2. The lowest BCUT2D eigenvalue weighted by molar-refractivity contribution is -0.141. The third-order valence-electron chi connectivity index (χ3n) is 6.14. The van der Waals surface area contributed by atoms with E-state index in [0.29, 0.717) is 11.1 Å². The van der Waals surface area contributed by atoms with E-state index in [9.17, 15) is 34.2 Å². The number of nitrogens with one attached hydrogen (secondary N) is 4. The largest absolute Gasteiger partial charge is 0.508 e. The van der Waals surface area contributed by atoms with Gasteiger partial charge in [-0.1, -0.05) is 42.5 Å². The number of thiol groups is 2.